The van der Waals surface area contributed by atoms with Crippen LogP contribution in [0, 0.1) is 5.41 Å². The van der Waals surface area contributed by atoms with Gasteiger partial charge in [0.25, 0.3) is 0 Å². The summed E-state index contributed by atoms with van der Waals surface area (Å²) in [4.78, 5) is 23.5. The summed E-state index contributed by atoms with van der Waals surface area (Å²) in [6.07, 6.45) is 3.36. The van der Waals surface area contributed by atoms with Crippen molar-refractivity contribution in [1.29, 1.82) is 0 Å². The third kappa shape index (κ3) is 1.33. The van der Waals surface area contributed by atoms with Gasteiger partial charge in [-0.1, -0.05) is 35.9 Å². The highest BCUT2D eigenvalue weighted by Crippen LogP contribution is 2.70. The molecule has 16 heavy (non-hydrogen) atoms. The Morgan fingerprint density at radius 3 is 2.88 bits per heavy atom. The quantitative estimate of drug-likeness (QED) is 0.340. The van der Waals surface area contributed by atoms with E-state index in [0.717, 1.165) is 19.3 Å². The minimum atomic E-state index is -0.999. The highest BCUT2D eigenvalue weighted by Gasteiger charge is 2.85. The zero-order valence-corrected chi connectivity index (χ0v) is 11.6. The molecule has 0 aromatic heterocycles. The van der Waals surface area contributed by atoms with Gasteiger partial charge in [0.05, 0.1) is 10.5 Å². The van der Waals surface area contributed by atoms with Crippen LogP contribution in [0.4, 0.5) is 0 Å². The molecule has 0 N–H and O–H groups in total. The van der Waals surface area contributed by atoms with Gasteiger partial charge in [-0.3, -0.25) is 9.59 Å². The second kappa shape index (κ2) is 3.85. The van der Waals surface area contributed by atoms with E-state index in [9.17, 15) is 9.59 Å². The molecule has 5 heteroatoms. The molecule has 1 heterocycles. The van der Waals surface area contributed by atoms with Crippen molar-refractivity contribution in [2.75, 3.05) is 7.11 Å². The molecule has 0 radical (unpaired) electrons. The topological polar surface area (TPSA) is 52.6 Å². The van der Waals surface area contributed by atoms with Crippen LogP contribution in [0.5, 0.6) is 0 Å². The first-order valence-corrected chi connectivity index (χ1v) is 6.59. The van der Waals surface area contributed by atoms with E-state index in [-0.39, 0.29) is 9.53 Å². The number of unbranched alkanes of at least 4 members (excludes halogenated alkanes) is 1. The van der Waals surface area contributed by atoms with E-state index in [4.69, 9.17) is 9.47 Å². The first-order valence-electron chi connectivity index (χ1n) is 5.51. The van der Waals surface area contributed by atoms with Crippen LogP contribution in [0.3, 0.4) is 0 Å². The molecular weight excluding hydrogens is 323 g/mol. The summed E-state index contributed by atoms with van der Waals surface area (Å²) in [5, 5.41) is 0. The van der Waals surface area contributed by atoms with E-state index in [2.05, 4.69) is 29.5 Å². The average Bonchev–Trinajstić information content (AvgIpc) is 2.86. The van der Waals surface area contributed by atoms with Gasteiger partial charge in [-0.05, 0) is 19.3 Å². The van der Waals surface area contributed by atoms with Crippen molar-refractivity contribution in [2.24, 2.45) is 5.41 Å². The molecule has 0 unspecified atom stereocenters. The van der Waals surface area contributed by atoms with Gasteiger partial charge < -0.3 is 9.47 Å². The summed E-state index contributed by atoms with van der Waals surface area (Å²) in [6.45, 7) is 2.09. The zero-order valence-electron chi connectivity index (χ0n) is 9.42. The van der Waals surface area contributed by atoms with Crippen molar-refractivity contribution < 1.29 is 19.1 Å². The molecule has 0 bridgehead atoms. The van der Waals surface area contributed by atoms with Gasteiger partial charge >= 0.3 is 11.9 Å². The summed E-state index contributed by atoms with van der Waals surface area (Å²) in [5.41, 5.74) is -0.999. The molecule has 2 aliphatic rings. The van der Waals surface area contributed by atoms with Gasteiger partial charge in [0, 0.05) is 0 Å². The summed E-state index contributed by atoms with van der Waals surface area (Å²) in [5.74, 6) is -0.833. The Morgan fingerprint density at radius 2 is 2.38 bits per heavy atom. The molecule has 1 saturated heterocycles. The van der Waals surface area contributed by atoms with E-state index in [1.165, 1.54) is 7.11 Å². The number of halogens is 1. The molecule has 1 aliphatic carbocycles. The number of ether oxygens (including phenoxy) is 2. The normalized spacial score (nSPS) is 40.2. The summed E-state index contributed by atoms with van der Waals surface area (Å²) < 4.78 is 9.67. The van der Waals surface area contributed by atoms with Gasteiger partial charge in [-0.15, -0.1) is 0 Å². The smallest absolute Gasteiger partial charge is 0.325 e. The molecule has 2 fully saturated rings. The molecule has 3 atom stereocenters. The van der Waals surface area contributed by atoms with Gasteiger partial charge in [0.1, 0.15) is 6.10 Å². The maximum atomic E-state index is 11.8. The van der Waals surface area contributed by atoms with E-state index >= 15 is 0 Å². The van der Waals surface area contributed by atoms with Crippen LogP contribution in [-0.2, 0) is 19.1 Å². The Kier molecular flexibility index (Phi) is 2.92. The molecule has 0 aromatic carbocycles. The van der Waals surface area contributed by atoms with Crippen LogP contribution in [0.1, 0.15) is 32.6 Å². The third-order valence-electron chi connectivity index (χ3n) is 3.57. The number of esters is 2. The maximum Gasteiger partial charge on any atom is 0.325 e. The molecule has 0 spiro atoms. The number of carbonyl (C=O) groups excluding carboxylic acids is 2. The van der Waals surface area contributed by atoms with Crippen LogP contribution >= 0.6 is 22.6 Å². The van der Waals surface area contributed by atoms with Crippen LogP contribution in [-0.4, -0.2) is 28.6 Å². The lowest BCUT2D eigenvalue weighted by Gasteiger charge is -2.15. The number of fused-ring (bicyclic) bond motifs is 1. The highest BCUT2D eigenvalue weighted by molar-refractivity contribution is 14.1. The molecule has 2 rings (SSSR count). The number of hydrogen-bond acceptors (Lipinski definition) is 4. The molecule has 0 aromatic rings. The number of alkyl halides is 1. The number of carbonyl (C=O) groups is 2. The second-order valence-electron chi connectivity index (χ2n) is 4.47. The first kappa shape index (κ1) is 12.1. The van der Waals surface area contributed by atoms with E-state index in [0.29, 0.717) is 6.42 Å². The summed E-state index contributed by atoms with van der Waals surface area (Å²) in [6, 6.07) is 0. The fraction of sp³-hybridized carbons (Fsp3) is 0.818. The van der Waals surface area contributed by atoms with Crippen LogP contribution in [0.2, 0.25) is 0 Å². The lowest BCUT2D eigenvalue weighted by atomic mass is 10.0. The highest BCUT2D eigenvalue weighted by atomic mass is 127. The Balaban J connectivity index is 2.16. The Hall–Kier alpha value is -0.330. The molecular formula is C11H15IO4. The monoisotopic (exact) mass is 338 g/mol. The van der Waals surface area contributed by atoms with Crippen LogP contribution in [0.15, 0.2) is 0 Å². The summed E-state index contributed by atoms with van der Waals surface area (Å²) >= 11 is 2.20. The van der Waals surface area contributed by atoms with Gasteiger partial charge in [-0.25, -0.2) is 0 Å². The number of rotatable bonds is 4. The Bertz CT molecular complexity index is 343. The lowest BCUT2D eigenvalue weighted by Crippen LogP contribution is -2.29. The Morgan fingerprint density at radius 1 is 1.69 bits per heavy atom. The van der Waals surface area contributed by atoms with Crippen molar-refractivity contribution in [1.82, 2.24) is 0 Å². The fourth-order valence-corrected chi connectivity index (χ4v) is 3.92. The average molecular weight is 338 g/mol. The number of cyclic esters (lactones) is 1. The molecule has 4 nitrogen and oxygen atoms in total. The van der Waals surface area contributed by atoms with Crippen LogP contribution in [0.25, 0.3) is 0 Å². The molecule has 1 aliphatic heterocycles. The first-order chi connectivity index (χ1) is 7.53. The van der Waals surface area contributed by atoms with E-state index in [1.54, 1.807) is 0 Å². The predicted octanol–water partition coefficient (Wildman–Crippen LogP) is 1.84. The second-order valence-corrected chi connectivity index (χ2v) is 6.40. The van der Waals surface area contributed by atoms with Gasteiger partial charge in [0.2, 0.25) is 0 Å². The zero-order chi connectivity index (χ0) is 12.0. The third-order valence-corrected chi connectivity index (χ3v) is 5.57. The van der Waals surface area contributed by atoms with Crippen molar-refractivity contribution in [2.45, 2.75) is 42.1 Å². The molecule has 90 valence electrons. The van der Waals surface area contributed by atoms with Gasteiger partial charge in [0.15, 0.2) is 5.41 Å². The molecule has 0 amide bonds. The van der Waals surface area contributed by atoms with Gasteiger partial charge in [-0.2, -0.15) is 0 Å². The van der Waals surface area contributed by atoms with E-state index in [1.807, 2.05) is 0 Å². The minimum Gasteiger partial charge on any atom is -0.468 e. The lowest BCUT2D eigenvalue weighted by molar-refractivity contribution is -0.159. The van der Waals surface area contributed by atoms with Crippen molar-refractivity contribution in [3.63, 3.8) is 0 Å². The minimum absolute atomic E-state index is 0.125. The fourth-order valence-electron chi connectivity index (χ4n) is 2.47. The van der Waals surface area contributed by atoms with Crippen molar-refractivity contribution in [3.8, 4) is 0 Å². The Labute approximate surface area is 108 Å². The van der Waals surface area contributed by atoms with E-state index < -0.39 is 17.4 Å². The van der Waals surface area contributed by atoms with Crippen molar-refractivity contribution in [3.05, 3.63) is 0 Å². The largest absolute Gasteiger partial charge is 0.468 e. The van der Waals surface area contributed by atoms with Crippen LogP contribution < -0.4 is 0 Å². The maximum absolute atomic E-state index is 11.8. The standard InChI is InChI=1S/C11H15IO4/c1-3-4-5-7-11(12)6-10(11,8(13)15-2)9(14)16-7/h7H,3-6H2,1-2H3/t7-,10+,11-/m0/s1. The predicted molar refractivity (Wildman–Crippen MR) is 65.2 cm³/mol. The molecule has 1 saturated carbocycles. The van der Waals surface area contributed by atoms with Crippen molar-refractivity contribution >= 4 is 34.5 Å². The SMILES string of the molecule is CCCC[C@@H]1OC(=O)[C@]2(C(=O)OC)C[C@]12I. The number of methoxy groups -OCH3 is 1. The number of hydrogen-bond donors (Lipinski definition) is 0. The summed E-state index contributed by atoms with van der Waals surface area (Å²) in [7, 11) is 1.32.